The molecule has 3 rings (SSSR count). The number of aromatic hydroxyl groups is 1. The first-order valence-corrected chi connectivity index (χ1v) is 6.52. The van der Waals surface area contributed by atoms with E-state index in [0.29, 0.717) is 0 Å². The van der Waals surface area contributed by atoms with Gasteiger partial charge in [0.05, 0.1) is 11.0 Å². The van der Waals surface area contributed by atoms with Crippen LogP contribution in [0.5, 0.6) is 5.75 Å². The molecular formula is C18H15O2+. The van der Waals surface area contributed by atoms with Crippen LogP contribution in [0.4, 0.5) is 0 Å². The van der Waals surface area contributed by atoms with Crippen molar-refractivity contribution >= 4 is 22.6 Å². The van der Waals surface area contributed by atoms with Gasteiger partial charge < -0.3 is 5.11 Å². The standard InChI is InChI=1S/C18H14O2/c1-13(12-15-7-2-4-8-16(15)19)17-11-10-14-6-3-5-9-18(14)20-17/h2-12H,1H3/p+1/b13-12-. The summed E-state index contributed by atoms with van der Waals surface area (Å²) >= 11 is 0. The van der Waals surface area contributed by atoms with E-state index in [9.17, 15) is 5.11 Å². The van der Waals surface area contributed by atoms with E-state index in [1.807, 2.05) is 67.6 Å². The first kappa shape index (κ1) is 12.4. The van der Waals surface area contributed by atoms with Crippen molar-refractivity contribution in [1.29, 1.82) is 0 Å². The van der Waals surface area contributed by atoms with E-state index in [0.717, 1.165) is 27.9 Å². The summed E-state index contributed by atoms with van der Waals surface area (Å²) in [5.74, 6) is 1.07. The molecule has 0 amide bonds. The van der Waals surface area contributed by atoms with Crippen LogP contribution in [-0.2, 0) is 0 Å². The molecule has 2 nitrogen and oxygen atoms in total. The van der Waals surface area contributed by atoms with Gasteiger partial charge in [-0.05, 0) is 31.2 Å². The normalized spacial score (nSPS) is 11.8. The lowest BCUT2D eigenvalue weighted by Gasteiger charge is -1.98. The van der Waals surface area contributed by atoms with E-state index in [-0.39, 0.29) is 5.75 Å². The molecular weight excluding hydrogens is 248 g/mol. The fourth-order valence-corrected chi connectivity index (χ4v) is 2.16. The molecule has 0 spiro atoms. The van der Waals surface area contributed by atoms with Crippen molar-refractivity contribution < 1.29 is 9.52 Å². The summed E-state index contributed by atoms with van der Waals surface area (Å²) in [6.07, 6.45) is 1.92. The smallest absolute Gasteiger partial charge is 0.360 e. The van der Waals surface area contributed by atoms with Gasteiger partial charge in [0.25, 0.3) is 0 Å². The van der Waals surface area contributed by atoms with Crippen LogP contribution in [0.3, 0.4) is 0 Å². The van der Waals surface area contributed by atoms with Crippen molar-refractivity contribution in [3.05, 3.63) is 72.0 Å². The summed E-state index contributed by atoms with van der Waals surface area (Å²) in [7, 11) is 0. The second-order valence-electron chi connectivity index (χ2n) is 4.72. The van der Waals surface area contributed by atoms with E-state index in [2.05, 4.69) is 0 Å². The van der Waals surface area contributed by atoms with Crippen LogP contribution in [0.1, 0.15) is 18.2 Å². The second-order valence-corrected chi connectivity index (χ2v) is 4.72. The maximum Gasteiger partial charge on any atom is 0.360 e. The topological polar surface area (TPSA) is 31.5 Å². The zero-order valence-electron chi connectivity index (χ0n) is 11.2. The minimum absolute atomic E-state index is 0.271. The van der Waals surface area contributed by atoms with Gasteiger partial charge in [0, 0.05) is 17.7 Å². The predicted molar refractivity (Wildman–Crippen MR) is 82.3 cm³/mol. The fourth-order valence-electron chi connectivity index (χ4n) is 2.16. The summed E-state index contributed by atoms with van der Waals surface area (Å²) in [5.41, 5.74) is 2.61. The summed E-state index contributed by atoms with van der Waals surface area (Å²) in [6, 6.07) is 19.2. The summed E-state index contributed by atoms with van der Waals surface area (Å²) in [4.78, 5) is 0. The fraction of sp³-hybridized carbons (Fsp3) is 0.0556. The highest BCUT2D eigenvalue weighted by atomic mass is 16.3. The molecule has 0 fully saturated rings. The SMILES string of the molecule is C/C(=C/c1ccccc1O)c1ccc2ccccc2[o+]1. The van der Waals surface area contributed by atoms with Crippen LogP contribution in [0, 0.1) is 0 Å². The lowest BCUT2D eigenvalue weighted by Crippen LogP contribution is -1.82. The molecule has 0 unspecified atom stereocenters. The average Bonchev–Trinajstić information content (AvgIpc) is 2.49. The number of hydrogen-bond donors (Lipinski definition) is 1. The monoisotopic (exact) mass is 263 g/mol. The van der Waals surface area contributed by atoms with Crippen LogP contribution in [0.15, 0.2) is 65.1 Å². The highest BCUT2D eigenvalue weighted by Crippen LogP contribution is 2.25. The zero-order chi connectivity index (χ0) is 13.9. The molecule has 2 aromatic carbocycles. The minimum Gasteiger partial charge on any atom is -0.507 e. The number of phenols is 1. The Hall–Kier alpha value is -2.61. The van der Waals surface area contributed by atoms with Crippen molar-refractivity contribution in [2.45, 2.75) is 6.92 Å². The molecule has 98 valence electrons. The van der Waals surface area contributed by atoms with E-state index in [1.165, 1.54) is 0 Å². The summed E-state index contributed by atoms with van der Waals surface area (Å²) < 4.78 is 5.89. The van der Waals surface area contributed by atoms with Gasteiger partial charge in [-0.3, -0.25) is 0 Å². The minimum atomic E-state index is 0.271. The summed E-state index contributed by atoms with van der Waals surface area (Å²) in [6.45, 7) is 1.97. The van der Waals surface area contributed by atoms with Crippen LogP contribution in [-0.4, -0.2) is 5.11 Å². The molecule has 0 saturated carbocycles. The lowest BCUT2D eigenvalue weighted by molar-refractivity contribution is 0.474. The quantitative estimate of drug-likeness (QED) is 0.661. The molecule has 0 saturated heterocycles. The van der Waals surface area contributed by atoms with Gasteiger partial charge in [0.15, 0.2) is 0 Å². The van der Waals surface area contributed by atoms with Crippen LogP contribution in [0.2, 0.25) is 0 Å². The number of rotatable bonds is 2. The van der Waals surface area contributed by atoms with Crippen LogP contribution in [0.25, 0.3) is 22.6 Å². The predicted octanol–water partition coefficient (Wildman–Crippen LogP) is 4.98. The third-order valence-corrected chi connectivity index (χ3v) is 3.25. The van der Waals surface area contributed by atoms with E-state index < -0.39 is 0 Å². The van der Waals surface area contributed by atoms with Crippen LogP contribution < -0.4 is 0 Å². The molecule has 0 atom stereocenters. The molecule has 1 N–H and O–H groups in total. The lowest BCUT2D eigenvalue weighted by atomic mass is 10.1. The third kappa shape index (κ3) is 2.41. The zero-order valence-corrected chi connectivity index (χ0v) is 11.2. The number of benzene rings is 2. The van der Waals surface area contributed by atoms with E-state index in [1.54, 1.807) is 6.07 Å². The Morgan fingerprint density at radius 1 is 0.950 bits per heavy atom. The van der Waals surface area contributed by atoms with E-state index in [4.69, 9.17) is 4.42 Å². The van der Waals surface area contributed by atoms with Gasteiger partial charge in [-0.1, -0.05) is 30.3 Å². The molecule has 3 aromatic rings. The maximum absolute atomic E-state index is 9.80. The van der Waals surface area contributed by atoms with Gasteiger partial charge >= 0.3 is 11.3 Å². The molecule has 0 aliphatic rings. The van der Waals surface area contributed by atoms with Crippen molar-refractivity contribution in [2.75, 3.05) is 0 Å². The Morgan fingerprint density at radius 2 is 1.70 bits per heavy atom. The first-order chi connectivity index (χ1) is 9.74. The number of phenolic OH excluding ortho intramolecular Hbond substituents is 1. The molecule has 0 bridgehead atoms. The molecule has 20 heavy (non-hydrogen) atoms. The van der Waals surface area contributed by atoms with Crippen molar-refractivity contribution in [3.8, 4) is 5.75 Å². The third-order valence-electron chi connectivity index (χ3n) is 3.25. The average molecular weight is 263 g/mol. The second kappa shape index (κ2) is 5.17. The highest BCUT2D eigenvalue weighted by Gasteiger charge is 2.13. The molecule has 0 aliphatic heterocycles. The number of allylic oxidation sites excluding steroid dienone is 1. The summed E-state index contributed by atoms with van der Waals surface area (Å²) in [5, 5.41) is 10.9. The number of fused-ring (bicyclic) bond motifs is 1. The van der Waals surface area contributed by atoms with Crippen molar-refractivity contribution in [2.24, 2.45) is 0 Å². The Kier molecular flexibility index (Phi) is 3.21. The van der Waals surface area contributed by atoms with Gasteiger partial charge in [-0.2, -0.15) is 0 Å². The van der Waals surface area contributed by atoms with Gasteiger partial charge in [0.1, 0.15) is 5.75 Å². The van der Waals surface area contributed by atoms with Gasteiger partial charge in [-0.15, -0.1) is 0 Å². The van der Waals surface area contributed by atoms with Crippen molar-refractivity contribution in [1.82, 2.24) is 0 Å². The molecule has 0 radical (unpaired) electrons. The molecule has 1 aromatic heterocycles. The van der Waals surface area contributed by atoms with Gasteiger partial charge in [-0.25, -0.2) is 4.42 Å². The Bertz CT molecular complexity index is 788. The molecule has 0 aliphatic carbocycles. The Labute approximate surface area is 117 Å². The number of para-hydroxylation sites is 2. The first-order valence-electron chi connectivity index (χ1n) is 6.52. The number of hydrogen-bond acceptors (Lipinski definition) is 1. The van der Waals surface area contributed by atoms with E-state index >= 15 is 0 Å². The largest absolute Gasteiger partial charge is 0.507 e. The highest BCUT2D eigenvalue weighted by molar-refractivity contribution is 5.83. The molecule has 2 heteroatoms. The Balaban J connectivity index is 2.04. The molecule has 1 heterocycles. The van der Waals surface area contributed by atoms with Crippen LogP contribution >= 0.6 is 0 Å². The van der Waals surface area contributed by atoms with Gasteiger partial charge in [0.2, 0.25) is 0 Å². The Morgan fingerprint density at radius 3 is 2.55 bits per heavy atom. The maximum atomic E-state index is 9.80. The van der Waals surface area contributed by atoms with Crippen molar-refractivity contribution in [3.63, 3.8) is 0 Å².